The molecule has 0 spiro atoms. The summed E-state index contributed by atoms with van der Waals surface area (Å²) < 4.78 is 7.42. The first-order chi connectivity index (χ1) is 14.8. The summed E-state index contributed by atoms with van der Waals surface area (Å²) in [6.45, 7) is 6.37. The molecule has 2 N–H and O–H groups in total. The Hall–Kier alpha value is -3.80. The van der Waals surface area contributed by atoms with Crippen molar-refractivity contribution in [3.63, 3.8) is 0 Å². The third-order valence-corrected chi connectivity index (χ3v) is 4.74. The first-order valence-electron chi connectivity index (χ1n) is 10.2. The Morgan fingerprint density at radius 1 is 1.00 bits per heavy atom. The van der Waals surface area contributed by atoms with Gasteiger partial charge in [0.05, 0.1) is 5.69 Å². The van der Waals surface area contributed by atoms with Crippen molar-refractivity contribution >= 4 is 16.9 Å². The molecule has 0 aliphatic carbocycles. The van der Waals surface area contributed by atoms with E-state index in [-0.39, 0.29) is 17.1 Å². The van der Waals surface area contributed by atoms with Gasteiger partial charge in [-0.05, 0) is 62.7 Å². The number of amides is 1. The van der Waals surface area contributed by atoms with Crippen LogP contribution in [0.5, 0.6) is 5.75 Å². The average Bonchev–Trinajstić information content (AvgIpc) is 3.17. The summed E-state index contributed by atoms with van der Waals surface area (Å²) in [6, 6.07) is 22.0. The molecule has 2 aromatic carbocycles. The van der Waals surface area contributed by atoms with Crippen LogP contribution in [0, 0.1) is 0 Å². The molecule has 31 heavy (non-hydrogen) atoms. The molecule has 4 aromatic rings. The first-order valence-corrected chi connectivity index (χ1v) is 10.2. The number of rotatable bonds is 5. The van der Waals surface area contributed by atoms with Crippen LogP contribution in [0.4, 0.5) is 0 Å². The highest BCUT2D eigenvalue weighted by molar-refractivity contribution is 5.97. The van der Waals surface area contributed by atoms with Gasteiger partial charge in [-0.1, -0.05) is 30.3 Å². The maximum absolute atomic E-state index is 12.7. The Labute approximate surface area is 180 Å². The molecule has 0 bridgehead atoms. The summed E-state index contributed by atoms with van der Waals surface area (Å²) in [5, 5.41) is 3.68. The van der Waals surface area contributed by atoms with Crippen molar-refractivity contribution in [3.05, 3.63) is 94.4 Å². The Morgan fingerprint density at radius 2 is 1.71 bits per heavy atom. The lowest BCUT2D eigenvalue weighted by Gasteiger charge is -2.21. The predicted molar refractivity (Wildman–Crippen MR) is 122 cm³/mol. The van der Waals surface area contributed by atoms with E-state index in [1.54, 1.807) is 16.7 Å². The fourth-order valence-corrected chi connectivity index (χ4v) is 3.39. The molecule has 0 radical (unpaired) electrons. The third kappa shape index (κ3) is 4.69. The van der Waals surface area contributed by atoms with Gasteiger partial charge >= 0.3 is 0 Å². The minimum Gasteiger partial charge on any atom is -0.488 e. The highest BCUT2D eigenvalue weighted by Crippen LogP contribution is 2.22. The molecule has 1 amide bonds. The van der Waals surface area contributed by atoms with Gasteiger partial charge < -0.3 is 15.0 Å². The number of hydrogen-bond acceptors (Lipinski definition) is 3. The topological polar surface area (TPSA) is 76.1 Å². The van der Waals surface area contributed by atoms with Crippen LogP contribution in [0.15, 0.2) is 77.6 Å². The zero-order valence-corrected chi connectivity index (χ0v) is 17.8. The first kappa shape index (κ1) is 20.5. The van der Waals surface area contributed by atoms with E-state index < -0.39 is 0 Å². The lowest BCUT2D eigenvalue weighted by molar-refractivity contribution is 0.0946. The Kier molecular flexibility index (Phi) is 5.38. The van der Waals surface area contributed by atoms with Crippen LogP contribution in [0.3, 0.4) is 0 Å². The van der Waals surface area contributed by atoms with Crippen molar-refractivity contribution in [2.45, 2.75) is 32.9 Å². The van der Waals surface area contributed by atoms with E-state index in [1.165, 1.54) is 6.07 Å². The zero-order valence-electron chi connectivity index (χ0n) is 17.8. The summed E-state index contributed by atoms with van der Waals surface area (Å²) in [4.78, 5) is 28.4. The fraction of sp³-hybridized carbons (Fsp3) is 0.200. The Morgan fingerprint density at radius 3 is 2.39 bits per heavy atom. The van der Waals surface area contributed by atoms with Crippen LogP contribution in [-0.2, 0) is 6.54 Å². The van der Waals surface area contributed by atoms with Gasteiger partial charge in [-0.2, -0.15) is 0 Å². The van der Waals surface area contributed by atoms with E-state index in [0.717, 1.165) is 16.7 Å². The van der Waals surface area contributed by atoms with E-state index in [2.05, 4.69) is 10.3 Å². The van der Waals surface area contributed by atoms with Crippen molar-refractivity contribution in [1.82, 2.24) is 14.9 Å². The lowest BCUT2D eigenvalue weighted by Crippen LogP contribution is -2.23. The van der Waals surface area contributed by atoms with E-state index >= 15 is 0 Å². The molecule has 0 fully saturated rings. The number of H-pyrrole nitrogens is 1. The number of fused-ring (bicyclic) bond motifs is 1. The van der Waals surface area contributed by atoms with Crippen LogP contribution in [0.25, 0.3) is 16.7 Å². The van der Waals surface area contributed by atoms with Crippen LogP contribution >= 0.6 is 0 Å². The van der Waals surface area contributed by atoms with Crippen LogP contribution in [-0.4, -0.2) is 21.1 Å². The SMILES string of the molecule is CC(C)(C)Oc1ccc(-n2c(=O)ccc3cc(C(=O)NCc4ccccc4)[nH]c32)cc1. The maximum Gasteiger partial charge on any atom is 0.268 e. The standard InChI is InChI=1S/C25H25N3O3/c1-25(2,3)31-20-12-10-19(11-13-20)28-22(29)14-9-18-15-21(27-23(18)28)24(30)26-16-17-7-5-4-6-8-17/h4-15,27H,16H2,1-3H3,(H,26,30). The molecular formula is C25H25N3O3. The summed E-state index contributed by atoms with van der Waals surface area (Å²) >= 11 is 0. The Bertz CT molecular complexity index is 1260. The second kappa shape index (κ2) is 8.14. The molecule has 2 heterocycles. The maximum atomic E-state index is 12.7. The van der Waals surface area contributed by atoms with Crippen molar-refractivity contribution in [1.29, 1.82) is 0 Å². The predicted octanol–water partition coefficient (Wildman–Crippen LogP) is 4.43. The molecule has 0 saturated carbocycles. The van der Waals surface area contributed by atoms with Gasteiger partial charge in [-0.3, -0.25) is 14.2 Å². The van der Waals surface area contributed by atoms with Gasteiger partial charge in [-0.15, -0.1) is 0 Å². The van der Waals surface area contributed by atoms with Gasteiger partial charge in [0.25, 0.3) is 11.5 Å². The van der Waals surface area contributed by atoms with Gasteiger partial charge in [-0.25, -0.2) is 0 Å². The molecule has 6 nitrogen and oxygen atoms in total. The number of benzene rings is 2. The van der Waals surface area contributed by atoms with Crippen molar-refractivity contribution in [3.8, 4) is 11.4 Å². The minimum atomic E-state index is -0.306. The number of ether oxygens (including phenoxy) is 1. The minimum absolute atomic E-state index is 0.185. The van der Waals surface area contributed by atoms with Crippen LogP contribution in [0.2, 0.25) is 0 Å². The monoisotopic (exact) mass is 415 g/mol. The second-order valence-electron chi connectivity index (χ2n) is 8.37. The smallest absolute Gasteiger partial charge is 0.268 e. The Balaban J connectivity index is 1.63. The number of aromatic nitrogens is 2. The molecule has 6 heteroatoms. The fourth-order valence-electron chi connectivity index (χ4n) is 3.39. The number of hydrogen-bond donors (Lipinski definition) is 2. The van der Waals surface area contributed by atoms with Crippen LogP contribution < -0.4 is 15.6 Å². The number of nitrogens with zero attached hydrogens (tertiary/aromatic N) is 1. The highest BCUT2D eigenvalue weighted by atomic mass is 16.5. The molecule has 4 rings (SSSR count). The van der Waals surface area contributed by atoms with Crippen molar-refractivity contribution in [2.24, 2.45) is 0 Å². The molecule has 0 atom stereocenters. The average molecular weight is 415 g/mol. The summed E-state index contributed by atoms with van der Waals surface area (Å²) in [5.41, 5.74) is 2.19. The number of nitrogens with one attached hydrogen (secondary N) is 2. The highest BCUT2D eigenvalue weighted by Gasteiger charge is 2.15. The van der Waals surface area contributed by atoms with Gasteiger partial charge in [0.1, 0.15) is 22.7 Å². The molecule has 0 aliphatic rings. The van der Waals surface area contributed by atoms with E-state index in [4.69, 9.17) is 4.74 Å². The van der Waals surface area contributed by atoms with Gasteiger partial charge in [0, 0.05) is 18.0 Å². The van der Waals surface area contributed by atoms with Gasteiger partial charge in [0.15, 0.2) is 0 Å². The molecule has 0 unspecified atom stereocenters. The molecular weight excluding hydrogens is 390 g/mol. The van der Waals surface area contributed by atoms with Gasteiger partial charge in [0.2, 0.25) is 0 Å². The zero-order chi connectivity index (χ0) is 22.0. The third-order valence-electron chi connectivity index (χ3n) is 4.74. The summed E-state index contributed by atoms with van der Waals surface area (Å²) in [7, 11) is 0. The second-order valence-corrected chi connectivity index (χ2v) is 8.37. The van der Waals surface area contributed by atoms with Crippen molar-refractivity contribution in [2.75, 3.05) is 0 Å². The number of pyridine rings is 1. The quantitative estimate of drug-likeness (QED) is 0.506. The normalized spacial score (nSPS) is 11.5. The van der Waals surface area contributed by atoms with E-state index in [1.807, 2.05) is 75.4 Å². The molecule has 2 aromatic heterocycles. The molecule has 0 aliphatic heterocycles. The number of carbonyl (C=O) groups excluding carboxylic acids is 1. The molecule has 0 saturated heterocycles. The van der Waals surface area contributed by atoms with E-state index in [0.29, 0.717) is 23.6 Å². The lowest BCUT2D eigenvalue weighted by atomic mass is 10.2. The summed E-state index contributed by atoms with van der Waals surface area (Å²) in [5.74, 6) is 0.497. The summed E-state index contributed by atoms with van der Waals surface area (Å²) in [6.07, 6.45) is 0. The van der Waals surface area contributed by atoms with E-state index in [9.17, 15) is 9.59 Å². The van der Waals surface area contributed by atoms with Crippen LogP contribution in [0.1, 0.15) is 36.8 Å². The van der Waals surface area contributed by atoms with Crippen molar-refractivity contribution < 1.29 is 9.53 Å². The molecule has 158 valence electrons. The largest absolute Gasteiger partial charge is 0.488 e. The number of carbonyl (C=O) groups is 1. The number of aromatic amines is 1.